The molecular formula is C28H34N2O5. The van der Waals surface area contributed by atoms with Gasteiger partial charge < -0.3 is 24.7 Å². The van der Waals surface area contributed by atoms with Crippen LogP contribution in [-0.2, 0) is 9.59 Å². The first-order chi connectivity index (χ1) is 16.9. The number of aliphatic hydroxyl groups is 1. The summed E-state index contributed by atoms with van der Waals surface area (Å²) in [4.78, 5) is 30.2. The van der Waals surface area contributed by atoms with Gasteiger partial charge in [0.25, 0.3) is 5.91 Å². The number of allylic oxidation sites excluding steroid dienone is 1. The summed E-state index contributed by atoms with van der Waals surface area (Å²) >= 11 is 0. The third-order valence-corrected chi connectivity index (χ3v) is 6.16. The fourth-order valence-electron chi connectivity index (χ4n) is 4.28. The largest absolute Gasteiger partial charge is 0.504 e. The van der Waals surface area contributed by atoms with Gasteiger partial charge in [0.2, 0.25) is 0 Å². The molecule has 2 aromatic rings. The summed E-state index contributed by atoms with van der Waals surface area (Å²) in [5.74, 6) is -1.32. The number of amides is 1. The molecule has 0 spiro atoms. The molecule has 186 valence electrons. The number of carbonyl (C=O) groups is 2. The summed E-state index contributed by atoms with van der Waals surface area (Å²) in [6, 6.07) is 13.3. The van der Waals surface area contributed by atoms with Gasteiger partial charge in [-0.05, 0) is 62.3 Å². The Morgan fingerprint density at radius 1 is 1.09 bits per heavy atom. The number of nitrogens with zero attached hydrogens (tertiary/aromatic N) is 2. The highest BCUT2D eigenvalue weighted by atomic mass is 16.5. The number of phenolic OH excluding ortho intramolecular Hbond substituents is 1. The van der Waals surface area contributed by atoms with Gasteiger partial charge in [-0.25, -0.2) is 0 Å². The van der Waals surface area contributed by atoms with Crippen LogP contribution < -0.4 is 4.74 Å². The van der Waals surface area contributed by atoms with Crippen LogP contribution in [0.5, 0.6) is 11.5 Å². The Bertz CT molecular complexity index is 1090. The van der Waals surface area contributed by atoms with Crippen LogP contribution in [0.15, 0.2) is 65.9 Å². The highest BCUT2D eigenvalue weighted by Crippen LogP contribution is 2.40. The van der Waals surface area contributed by atoms with Crippen LogP contribution in [-0.4, -0.2) is 64.5 Å². The Balaban J connectivity index is 1.96. The molecular weight excluding hydrogens is 444 g/mol. The second-order valence-electron chi connectivity index (χ2n) is 8.31. The number of rotatable bonds is 12. The Kier molecular flexibility index (Phi) is 9.09. The van der Waals surface area contributed by atoms with E-state index in [0.717, 1.165) is 25.2 Å². The average molecular weight is 479 g/mol. The first-order valence-electron chi connectivity index (χ1n) is 12.1. The molecule has 0 bridgehead atoms. The molecule has 2 aromatic carbocycles. The van der Waals surface area contributed by atoms with Crippen molar-refractivity contribution in [3.8, 4) is 11.5 Å². The quantitative estimate of drug-likeness (QED) is 0.437. The van der Waals surface area contributed by atoms with E-state index in [0.29, 0.717) is 25.1 Å². The summed E-state index contributed by atoms with van der Waals surface area (Å²) in [5, 5.41) is 21.0. The highest BCUT2D eigenvalue weighted by Gasteiger charge is 2.42. The van der Waals surface area contributed by atoms with Crippen molar-refractivity contribution in [2.75, 3.05) is 32.8 Å². The lowest BCUT2D eigenvalue weighted by molar-refractivity contribution is -0.129. The standard InChI is InChI=1S/C28H34N2O5/c1-4-29(5-2)17-10-18-30-26(21-14-16-22(31)24(19-21)35-6-3)25(27(33)28(30)34)23(32)15-13-20-11-8-7-9-12-20/h7-9,11-16,19,26,31,33H,4-6,10,17-18H2,1-3H3. The second kappa shape index (κ2) is 12.2. The first kappa shape index (κ1) is 26.0. The second-order valence-corrected chi connectivity index (χ2v) is 8.31. The molecule has 7 nitrogen and oxygen atoms in total. The molecule has 35 heavy (non-hydrogen) atoms. The van der Waals surface area contributed by atoms with Gasteiger partial charge in [0.1, 0.15) is 0 Å². The number of ketones is 1. The average Bonchev–Trinajstić information content (AvgIpc) is 3.12. The van der Waals surface area contributed by atoms with E-state index >= 15 is 0 Å². The number of hydrogen-bond acceptors (Lipinski definition) is 6. The van der Waals surface area contributed by atoms with Crippen LogP contribution in [0.3, 0.4) is 0 Å². The van der Waals surface area contributed by atoms with Crippen molar-refractivity contribution >= 4 is 17.8 Å². The number of aromatic hydroxyl groups is 1. The predicted octanol–water partition coefficient (Wildman–Crippen LogP) is 4.50. The van der Waals surface area contributed by atoms with Gasteiger partial charge in [0.05, 0.1) is 18.2 Å². The van der Waals surface area contributed by atoms with Crippen molar-refractivity contribution in [1.29, 1.82) is 0 Å². The van der Waals surface area contributed by atoms with Crippen LogP contribution in [0, 0.1) is 0 Å². The van der Waals surface area contributed by atoms with E-state index in [-0.39, 0.29) is 17.1 Å². The molecule has 0 radical (unpaired) electrons. The molecule has 1 amide bonds. The number of carbonyl (C=O) groups excluding carboxylic acids is 2. The van der Waals surface area contributed by atoms with Crippen molar-refractivity contribution in [2.45, 2.75) is 33.2 Å². The number of benzene rings is 2. The lowest BCUT2D eigenvalue weighted by atomic mass is 9.95. The maximum absolute atomic E-state index is 13.3. The van der Waals surface area contributed by atoms with Gasteiger partial charge in [-0.15, -0.1) is 0 Å². The molecule has 3 rings (SSSR count). The minimum atomic E-state index is -0.785. The van der Waals surface area contributed by atoms with E-state index < -0.39 is 23.5 Å². The third kappa shape index (κ3) is 6.11. The molecule has 1 aliphatic heterocycles. The maximum Gasteiger partial charge on any atom is 0.290 e. The van der Waals surface area contributed by atoms with Gasteiger partial charge in [0, 0.05) is 6.54 Å². The number of hydrogen-bond donors (Lipinski definition) is 2. The van der Waals surface area contributed by atoms with Crippen LogP contribution in [0.25, 0.3) is 6.08 Å². The molecule has 0 aliphatic carbocycles. The molecule has 1 atom stereocenters. The normalized spacial score (nSPS) is 16.1. The van der Waals surface area contributed by atoms with Crippen molar-refractivity contribution < 1.29 is 24.5 Å². The monoisotopic (exact) mass is 478 g/mol. The molecule has 0 fully saturated rings. The van der Waals surface area contributed by atoms with Gasteiger partial charge in [-0.3, -0.25) is 9.59 Å². The van der Waals surface area contributed by atoms with Crippen molar-refractivity contribution in [3.63, 3.8) is 0 Å². The fraction of sp³-hybridized carbons (Fsp3) is 0.357. The summed E-state index contributed by atoms with van der Waals surface area (Å²) in [5.41, 5.74) is 1.45. The molecule has 1 aliphatic rings. The van der Waals surface area contributed by atoms with Gasteiger partial charge >= 0.3 is 0 Å². The lowest BCUT2D eigenvalue weighted by Gasteiger charge is -2.28. The molecule has 0 aromatic heterocycles. The zero-order valence-electron chi connectivity index (χ0n) is 20.6. The molecule has 2 N–H and O–H groups in total. The summed E-state index contributed by atoms with van der Waals surface area (Å²) in [6.07, 6.45) is 3.73. The molecule has 7 heteroatoms. The minimum Gasteiger partial charge on any atom is -0.504 e. The van der Waals surface area contributed by atoms with Crippen LogP contribution >= 0.6 is 0 Å². The van der Waals surface area contributed by atoms with E-state index in [1.165, 1.54) is 17.0 Å². The maximum atomic E-state index is 13.3. The number of phenols is 1. The molecule has 0 saturated heterocycles. The van der Waals surface area contributed by atoms with Crippen LogP contribution in [0.1, 0.15) is 44.4 Å². The Hall–Kier alpha value is -3.58. The zero-order chi connectivity index (χ0) is 25.4. The molecule has 1 unspecified atom stereocenters. The Morgan fingerprint density at radius 3 is 2.46 bits per heavy atom. The fourth-order valence-corrected chi connectivity index (χ4v) is 4.28. The third-order valence-electron chi connectivity index (χ3n) is 6.16. The number of aliphatic hydroxyl groups excluding tert-OH is 1. The summed E-state index contributed by atoms with van der Waals surface area (Å²) < 4.78 is 5.53. The van der Waals surface area contributed by atoms with Crippen molar-refractivity contribution in [1.82, 2.24) is 9.80 Å². The van der Waals surface area contributed by atoms with E-state index in [1.807, 2.05) is 30.3 Å². The highest BCUT2D eigenvalue weighted by molar-refractivity contribution is 6.14. The van der Waals surface area contributed by atoms with Crippen LogP contribution in [0.4, 0.5) is 0 Å². The van der Waals surface area contributed by atoms with E-state index in [9.17, 15) is 19.8 Å². The summed E-state index contributed by atoms with van der Waals surface area (Å²) in [7, 11) is 0. The Labute approximate surface area is 206 Å². The van der Waals surface area contributed by atoms with Gasteiger partial charge in [-0.1, -0.05) is 56.3 Å². The predicted molar refractivity (Wildman–Crippen MR) is 136 cm³/mol. The van der Waals surface area contributed by atoms with E-state index in [4.69, 9.17) is 4.74 Å². The first-order valence-corrected chi connectivity index (χ1v) is 12.1. The zero-order valence-corrected chi connectivity index (χ0v) is 20.6. The van der Waals surface area contributed by atoms with Crippen LogP contribution in [0.2, 0.25) is 0 Å². The topological polar surface area (TPSA) is 90.3 Å². The SMILES string of the molecule is CCOc1cc(C2C(C(=O)C=Cc3ccccc3)=C(O)C(=O)N2CCCN(CC)CC)ccc1O. The van der Waals surface area contributed by atoms with Gasteiger partial charge in [-0.2, -0.15) is 0 Å². The smallest absolute Gasteiger partial charge is 0.290 e. The van der Waals surface area contributed by atoms with E-state index in [1.54, 1.807) is 25.1 Å². The van der Waals surface area contributed by atoms with E-state index in [2.05, 4.69) is 18.7 Å². The molecule has 0 saturated carbocycles. The minimum absolute atomic E-state index is 0.0261. The lowest BCUT2D eigenvalue weighted by Crippen LogP contribution is -2.34. The van der Waals surface area contributed by atoms with Crippen molar-refractivity contribution in [2.24, 2.45) is 0 Å². The number of ether oxygens (including phenoxy) is 1. The van der Waals surface area contributed by atoms with Gasteiger partial charge in [0.15, 0.2) is 23.0 Å². The Morgan fingerprint density at radius 2 is 1.80 bits per heavy atom. The molecule has 1 heterocycles. The van der Waals surface area contributed by atoms with Crippen molar-refractivity contribution in [3.05, 3.63) is 77.1 Å². The summed E-state index contributed by atoms with van der Waals surface area (Å²) in [6.45, 7) is 9.29.